The summed E-state index contributed by atoms with van der Waals surface area (Å²) in [6.07, 6.45) is 1.87. The van der Waals surface area contributed by atoms with Crippen molar-refractivity contribution >= 4 is 17.4 Å². The van der Waals surface area contributed by atoms with Crippen LogP contribution in [0.25, 0.3) is 0 Å². The molecule has 18 heavy (non-hydrogen) atoms. The number of nitrogen functional groups attached to an aromatic ring is 1. The monoisotopic (exact) mass is 264 g/mol. The highest BCUT2D eigenvalue weighted by atomic mass is 35.5. The van der Waals surface area contributed by atoms with Gasteiger partial charge in [-0.3, -0.25) is 4.68 Å². The van der Waals surface area contributed by atoms with Crippen molar-refractivity contribution in [2.45, 2.75) is 33.2 Å². The molecule has 0 aliphatic heterocycles. The normalized spacial score (nSPS) is 10.8. The smallest absolute Gasteiger partial charge is 0.123 e. The van der Waals surface area contributed by atoms with E-state index in [1.165, 1.54) is 5.69 Å². The average molecular weight is 265 g/mol. The molecule has 0 bridgehead atoms. The molecule has 0 spiro atoms. The van der Waals surface area contributed by atoms with Crippen LogP contribution >= 0.6 is 11.6 Å². The van der Waals surface area contributed by atoms with Crippen molar-refractivity contribution in [2.24, 2.45) is 0 Å². The van der Waals surface area contributed by atoms with E-state index in [0.717, 1.165) is 24.2 Å². The van der Waals surface area contributed by atoms with Gasteiger partial charge in [0.2, 0.25) is 0 Å². The molecule has 5 heteroatoms. The lowest BCUT2D eigenvalue weighted by Crippen LogP contribution is -2.09. The van der Waals surface area contributed by atoms with Crippen molar-refractivity contribution in [1.82, 2.24) is 14.8 Å². The Morgan fingerprint density at radius 2 is 2.06 bits per heavy atom. The maximum Gasteiger partial charge on any atom is 0.123 e. The minimum absolute atomic E-state index is 0.482. The second-order valence-electron chi connectivity index (χ2n) is 4.16. The van der Waals surface area contributed by atoms with Gasteiger partial charge >= 0.3 is 0 Å². The van der Waals surface area contributed by atoms with Gasteiger partial charge in [-0.2, -0.15) is 5.10 Å². The molecule has 0 aliphatic carbocycles. The lowest BCUT2D eigenvalue weighted by atomic mass is 10.2. The lowest BCUT2D eigenvalue weighted by molar-refractivity contribution is 0.630. The molecule has 0 radical (unpaired) electrons. The van der Waals surface area contributed by atoms with Gasteiger partial charge < -0.3 is 5.73 Å². The van der Waals surface area contributed by atoms with E-state index in [1.54, 1.807) is 12.1 Å². The summed E-state index contributed by atoms with van der Waals surface area (Å²) < 4.78 is 1.95. The molecule has 2 N–H and O–H groups in total. The molecule has 2 rings (SSSR count). The Labute approximate surface area is 112 Å². The second kappa shape index (κ2) is 5.40. The van der Waals surface area contributed by atoms with Gasteiger partial charge in [-0.25, -0.2) is 4.98 Å². The Morgan fingerprint density at radius 3 is 2.72 bits per heavy atom. The zero-order valence-electron chi connectivity index (χ0n) is 10.7. The lowest BCUT2D eigenvalue weighted by Gasteiger charge is -2.07. The zero-order valence-corrected chi connectivity index (χ0v) is 11.4. The molecule has 2 aromatic heterocycles. The molecular weight excluding hydrogens is 248 g/mol. The van der Waals surface area contributed by atoms with E-state index in [2.05, 4.69) is 30.0 Å². The molecule has 0 saturated heterocycles. The fourth-order valence-electron chi connectivity index (χ4n) is 1.86. The third-order valence-corrected chi connectivity index (χ3v) is 3.22. The van der Waals surface area contributed by atoms with Crippen molar-refractivity contribution in [2.75, 3.05) is 5.73 Å². The molecule has 2 aromatic rings. The van der Waals surface area contributed by atoms with Crippen LogP contribution in [0.2, 0.25) is 5.02 Å². The van der Waals surface area contributed by atoms with Gasteiger partial charge in [0.25, 0.3) is 0 Å². The molecule has 0 atom stereocenters. The minimum Gasteiger partial charge on any atom is -0.384 e. The number of hydrogen-bond donors (Lipinski definition) is 1. The van der Waals surface area contributed by atoms with Crippen LogP contribution < -0.4 is 5.73 Å². The van der Waals surface area contributed by atoms with Crippen molar-refractivity contribution in [1.29, 1.82) is 0 Å². The van der Waals surface area contributed by atoms with Gasteiger partial charge in [0, 0.05) is 5.69 Å². The first-order valence-electron chi connectivity index (χ1n) is 6.10. The van der Waals surface area contributed by atoms with Crippen LogP contribution in [-0.2, 0) is 19.4 Å². The van der Waals surface area contributed by atoms with Gasteiger partial charge in [-0.15, -0.1) is 0 Å². The van der Waals surface area contributed by atoms with Crippen molar-refractivity contribution < 1.29 is 0 Å². The molecule has 2 heterocycles. The maximum atomic E-state index is 6.12. The largest absolute Gasteiger partial charge is 0.384 e. The highest BCUT2D eigenvalue weighted by molar-refractivity contribution is 6.31. The van der Waals surface area contributed by atoms with Crippen LogP contribution in [0.15, 0.2) is 18.2 Å². The van der Waals surface area contributed by atoms with E-state index < -0.39 is 0 Å². The Balaban J connectivity index is 2.32. The predicted molar refractivity (Wildman–Crippen MR) is 73.7 cm³/mol. The van der Waals surface area contributed by atoms with Gasteiger partial charge in [0.1, 0.15) is 5.82 Å². The first kappa shape index (κ1) is 12.9. The molecule has 0 amide bonds. The third-order valence-electron chi connectivity index (χ3n) is 2.88. The Morgan fingerprint density at radius 1 is 1.28 bits per heavy atom. The van der Waals surface area contributed by atoms with Crippen molar-refractivity contribution in [3.63, 3.8) is 0 Å². The number of anilines is 1. The van der Waals surface area contributed by atoms with E-state index in [0.29, 0.717) is 17.4 Å². The van der Waals surface area contributed by atoms with Gasteiger partial charge in [0.05, 0.1) is 23.0 Å². The van der Waals surface area contributed by atoms with Crippen LogP contribution in [0.5, 0.6) is 0 Å². The summed E-state index contributed by atoms with van der Waals surface area (Å²) in [6, 6.07) is 5.60. The first-order chi connectivity index (χ1) is 8.63. The molecule has 0 fully saturated rings. The van der Waals surface area contributed by atoms with Crippen LogP contribution in [-0.4, -0.2) is 14.8 Å². The summed E-state index contributed by atoms with van der Waals surface area (Å²) in [4.78, 5) is 4.26. The third kappa shape index (κ3) is 2.64. The van der Waals surface area contributed by atoms with Gasteiger partial charge in [-0.1, -0.05) is 25.4 Å². The van der Waals surface area contributed by atoms with E-state index in [4.69, 9.17) is 17.3 Å². The van der Waals surface area contributed by atoms with Gasteiger partial charge in [0.15, 0.2) is 0 Å². The summed E-state index contributed by atoms with van der Waals surface area (Å²) in [5.74, 6) is 0.482. The topological polar surface area (TPSA) is 56.7 Å². The zero-order chi connectivity index (χ0) is 13.1. The van der Waals surface area contributed by atoms with E-state index in [-0.39, 0.29) is 0 Å². The molecule has 0 aromatic carbocycles. The highest BCUT2D eigenvalue weighted by Gasteiger charge is 2.09. The molecule has 0 aliphatic rings. The summed E-state index contributed by atoms with van der Waals surface area (Å²) >= 11 is 6.12. The molecule has 0 saturated carbocycles. The van der Waals surface area contributed by atoms with E-state index >= 15 is 0 Å². The van der Waals surface area contributed by atoms with Crippen molar-refractivity contribution in [3.8, 4) is 0 Å². The number of hydrogen-bond acceptors (Lipinski definition) is 3. The maximum absolute atomic E-state index is 6.12. The van der Waals surface area contributed by atoms with E-state index in [1.807, 2.05) is 4.68 Å². The number of pyridine rings is 1. The fourth-order valence-corrected chi connectivity index (χ4v) is 2.03. The predicted octanol–water partition coefficient (Wildman–Crippen LogP) is 2.69. The summed E-state index contributed by atoms with van der Waals surface area (Å²) in [5.41, 5.74) is 8.72. The Hall–Kier alpha value is -1.55. The fraction of sp³-hybridized carbons (Fsp3) is 0.385. The minimum atomic E-state index is 0.482. The Kier molecular flexibility index (Phi) is 3.87. The molecular formula is C13H17ClN4. The number of nitrogens with two attached hydrogens (primary N) is 1. The molecule has 96 valence electrons. The number of rotatable bonds is 4. The van der Waals surface area contributed by atoms with Crippen LogP contribution in [0.3, 0.4) is 0 Å². The van der Waals surface area contributed by atoms with Gasteiger partial charge in [-0.05, 0) is 31.0 Å². The molecule has 0 unspecified atom stereocenters. The standard InChI is InChI=1S/C13H17ClN4/c1-3-9-7-10(4-2)18(17-9)8-12-11(14)5-6-13(15)16-12/h5-7H,3-4,8H2,1-2H3,(H2,15,16). The Bertz CT molecular complexity index is 548. The number of aryl methyl sites for hydroxylation is 2. The number of aromatic nitrogens is 3. The molecule has 4 nitrogen and oxygen atoms in total. The van der Waals surface area contributed by atoms with Crippen LogP contribution in [0.1, 0.15) is 30.9 Å². The number of nitrogens with zero attached hydrogens (tertiary/aromatic N) is 3. The quantitative estimate of drug-likeness (QED) is 0.924. The van der Waals surface area contributed by atoms with Crippen LogP contribution in [0.4, 0.5) is 5.82 Å². The number of halogens is 1. The van der Waals surface area contributed by atoms with Crippen molar-refractivity contribution in [3.05, 3.63) is 40.3 Å². The summed E-state index contributed by atoms with van der Waals surface area (Å²) in [6.45, 7) is 4.77. The highest BCUT2D eigenvalue weighted by Crippen LogP contribution is 2.17. The summed E-state index contributed by atoms with van der Waals surface area (Å²) in [7, 11) is 0. The first-order valence-corrected chi connectivity index (χ1v) is 6.48. The van der Waals surface area contributed by atoms with E-state index in [9.17, 15) is 0 Å². The average Bonchev–Trinajstić information content (AvgIpc) is 2.76. The van der Waals surface area contributed by atoms with Crippen LogP contribution in [0, 0.1) is 0 Å². The summed E-state index contributed by atoms with van der Waals surface area (Å²) in [5, 5.41) is 5.17. The second-order valence-corrected chi connectivity index (χ2v) is 4.56. The SMILES string of the molecule is CCc1cc(CC)n(Cc2nc(N)ccc2Cl)n1.